The van der Waals surface area contributed by atoms with Crippen molar-refractivity contribution < 1.29 is 9.53 Å². The first-order chi connectivity index (χ1) is 8.70. The van der Waals surface area contributed by atoms with Crippen molar-refractivity contribution in [2.75, 3.05) is 25.4 Å². The van der Waals surface area contributed by atoms with Gasteiger partial charge >= 0.3 is 6.09 Å². The zero-order valence-electron chi connectivity index (χ0n) is 10.8. The van der Waals surface area contributed by atoms with Crippen molar-refractivity contribution in [3.63, 3.8) is 0 Å². The molecule has 4 nitrogen and oxygen atoms in total. The first-order valence-electron chi connectivity index (χ1n) is 6.48. The van der Waals surface area contributed by atoms with E-state index in [1.54, 1.807) is 4.90 Å². The number of rotatable bonds is 2. The molecular weight excluding hydrogens is 228 g/mol. The molecule has 0 spiro atoms. The molecule has 2 rings (SSSR count). The number of carbonyl (C=O) groups is 1. The van der Waals surface area contributed by atoms with Crippen molar-refractivity contribution in [3.05, 3.63) is 29.8 Å². The number of benzene rings is 1. The molecule has 1 heterocycles. The molecule has 0 radical (unpaired) electrons. The van der Waals surface area contributed by atoms with Gasteiger partial charge in [-0.3, -0.25) is 0 Å². The van der Waals surface area contributed by atoms with Crippen LogP contribution in [0.5, 0.6) is 0 Å². The van der Waals surface area contributed by atoms with E-state index in [9.17, 15) is 4.79 Å². The summed E-state index contributed by atoms with van der Waals surface area (Å²) in [5.74, 6) is 0.367. The lowest BCUT2D eigenvalue weighted by Crippen LogP contribution is -2.39. The number of nitrogen functional groups attached to an aromatic ring is 1. The molecular formula is C14H20N2O2. The van der Waals surface area contributed by atoms with E-state index < -0.39 is 0 Å². The van der Waals surface area contributed by atoms with Crippen molar-refractivity contribution in [2.24, 2.45) is 0 Å². The number of carbonyl (C=O) groups excluding carboxylic acids is 1. The van der Waals surface area contributed by atoms with Gasteiger partial charge in [0, 0.05) is 24.7 Å². The Morgan fingerprint density at radius 2 is 2.39 bits per heavy atom. The predicted octanol–water partition coefficient (Wildman–Crippen LogP) is 2.60. The molecule has 1 aromatic carbocycles. The summed E-state index contributed by atoms with van der Waals surface area (Å²) in [5, 5.41) is 0. The summed E-state index contributed by atoms with van der Waals surface area (Å²) in [6, 6.07) is 7.93. The number of ether oxygens (including phenoxy) is 1. The average Bonchev–Trinajstić information content (AvgIpc) is 2.39. The maximum Gasteiger partial charge on any atom is 0.409 e. The summed E-state index contributed by atoms with van der Waals surface area (Å²) in [6.07, 6.45) is 1.91. The number of anilines is 1. The minimum Gasteiger partial charge on any atom is -0.450 e. The average molecular weight is 248 g/mol. The van der Waals surface area contributed by atoms with Crippen LogP contribution in [0.2, 0.25) is 0 Å². The van der Waals surface area contributed by atoms with Crippen LogP contribution in [0.1, 0.15) is 31.2 Å². The summed E-state index contributed by atoms with van der Waals surface area (Å²) < 4.78 is 5.05. The molecule has 0 saturated carbocycles. The molecule has 18 heavy (non-hydrogen) atoms. The summed E-state index contributed by atoms with van der Waals surface area (Å²) in [4.78, 5) is 13.5. The minimum absolute atomic E-state index is 0.203. The van der Waals surface area contributed by atoms with Crippen LogP contribution in [0.3, 0.4) is 0 Å². The summed E-state index contributed by atoms with van der Waals surface area (Å²) >= 11 is 0. The first kappa shape index (κ1) is 12.7. The lowest BCUT2D eigenvalue weighted by atomic mass is 9.90. The predicted molar refractivity (Wildman–Crippen MR) is 71.4 cm³/mol. The minimum atomic E-state index is -0.203. The van der Waals surface area contributed by atoms with Crippen molar-refractivity contribution in [3.8, 4) is 0 Å². The Morgan fingerprint density at radius 3 is 3.11 bits per heavy atom. The van der Waals surface area contributed by atoms with Gasteiger partial charge in [-0.25, -0.2) is 4.79 Å². The van der Waals surface area contributed by atoms with Crippen molar-refractivity contribution in [1.29, 1.82) is 0 Å². The Bertz CT molecular complexity index is 420. The number of nitrogens with zero attached hydrogens (tertiary/aromatic N) is 1. The lowest BCUT2D eigenvalue weighted by Gasteiger charge is -2.32. The monoisotopic (exact) mass is 248 g/mol. The van der Waals surface area contributed by atoms with Crippen molar-refractivity contribution in [1.82, 2.24) is 4.90 Å². The van der Waals surface area contributed by atoms with Crippen LogP contribution in [0, 0.1) is 0 Å². The van der Waals surface area contributed by atoms with E-state index in [0.717, 1.165) is 31.6 Å². The van der Waals surface area contributed by atoms with Gasteiger partial charge < -0.3 is 15.4 Å². The van der Waals surface area contributed by atoms with Crippen molar-refractivity contribution >= 4 is 11.8 Å². The molecule has 1 aromatic rings. The molecule has 0 bridgehead atoms. The zero-order valence-corrected chi connectivity index (χ0v) is 10.8. The molecule has 1 aliphatic rings. The quantitative estimate of drug-likeness (QED) is 0.818. The third-order valence-electron chi connectivity index (χ3n) is 3.33. The van der Waals surface area contributed by atoms with Gasteiger partial charge in [0.2, 0.25) is 0 Å². The third-order valence-corrected chi connectivity index (χ3v) is 3.33. The Balaban J connectivity index is 2.04. The Labute approximate surface area is 108 Å². The van der Waals surface area contributed by atoms with Crippen LogP contribution >= 0.6 is 0 Å². The number of amides is 1. The molecule has 98 valence electrons. The molecule has 1 saturated heterocycles. The van der Waals surface area contributed by atoms with Gasteiger partial charge in [-0.1, -0.05) is 12.1 Å². The van der Waals surface area contributed by atoms with Crippen molar-refractivity contribution in [2.45, 2.75) is 25.7 Å². The van der Waals surface area contributed by atoms with Gasteiger partial charge in [-0.05, 0) is 37.5 Å². The highest BCUT2D eigenvalue weighted by molar-refractivity contribution is 5.67. The van der Waals surface area contributed by atoms with Crippen LogP contribution in [0.25, 0.3) is 0 Å². The summed E-state index contributed by atoms with van der Waals surface area (Å²) in [6.45, 7) is 3.77. The number of nitrogens with two attached hydrogens (primary N) is 1. The fourth-order valence-electron chi connectivity index (χ4n) is 2.44. The highest BCUT2D eigenvalue weighted by Crippen LogP contribution is 2.28. The standard InChI is InChI=1S/C14H20N2O2/c1-2-18-14(17)16-8-4-6-12(10-16)11-5-3-7-13(15)9-11/h3,5,7,9,12H,2,4,6,8,10,15H2,1H3. The fourth-order valence-corrected chi connectivity index (χ4v) is 2.44. The maximum atomic E-state index is 11.7. The van der Waals surface area contributed by atoms with Crippen LogP contribution in [0.15, 0.2) is 24.3 Å². The zero-order chi connectivity index (χ0) is 13.0. The van der Waals surface area contributed by atoms with E-state index in [0.29, 0.717) is 12.5 Å². The Hall–Kier alpha value is -1.71. The summed E-state index contributed by atoms with van der Waals surface area (Å²) in [7, 11) is 0. The highest BCUT2D eigenvalue weighted by atomic mass is 16.6. The molecule has 1 fully saturated rings. The van der Waals surface area contributed by atoms with Crippen LogP contribution in [0.4, 0.5) is 10.5 Å². The number of piperidine rings is 1. The van der Waals surface area contributed by atoms with E-state index in [-0.39, 0.29) is 6.09 Å². The second kappa shape index (κ2) is 5.76. The Morgan fingerprint density at radius 1 is 1.56 bits per heavy atom. The van der Waals surface area contributed by atoms with E-state index in [1.165, 1.54) is 5.56 Å². The van der Waals surface area contributed by atoms with E-state index in [1.807, 2.05) is 25.1 Å². The molecule has 1 aliphatic heterocycles. The first-order valence-corrected chi connectivity index (χ1v) is 6.48. The van der Waals surface area contributed by atoms with E-state index in [2.05, 4.69) is 6.07 Å². The van der Waals surface area contributed by atoms with Gasteiger partial charge in [0.1, 0.15) is 0 Å². The molecule has 2 N–H and O–H groups in total. The normalized spacial score (nSPS) is 19.6. The molecule has 0 aliphatic carbocycles. The third kappa shape index (κ3) is 2.94. The van der Waals surface area contributed by atoms with Gasteiger partial charge in [0.15, 0.2) is 0 Å². The SMILES string of the molecule is CCOC(=O)N1CCCC(c2cccc(N)c2)C1. The van der Waals surface area contributed by atoms with E-state index in [4.69, 9.17) is 10.5 Å². The lowest BCUT2D eigenvalue weighted by molar-refractivity contribution is 0.0958. The van der Waals surface area contributed by atoms with Gasteiger partial charge in [-0.15, -0.1) is 0 Å². The van der Waals surface area contributed by atoms with Gasteiger partial charge in [0.25, 0.3) is 0 Å². The van der Waals surface area contributed by atoms with Crippen LogP contribution in [-0.2, 0) is 4.74 Å². The highest BCUT2D eigenvalue weighted by Gasteiger charge is 2.25. The second-order valence-electron chi connectivity index (χ2n) is 4.65. The smallest absolute Gasteiger partial charge is 0.409 e. The number of hydrogen-bond acceptors (Lipinski definition) is 3. The van der Waals surface area contributed by atoms with Crippen LogP contribution < -0.4 is 5.73 Å². The fraction of sp³-hybridized carbons (Fsp3) is 0.500. The second-order valence-corrected chi connectivity index (χ2v) is 4.65. The van der Waals surface area contributed by atoms with Gasteiger partial charge in [0.05, 0.1) is 6.61 Å². The molecule has 1 amide bonds. The topological polar surface area (TPSA) is 55.6 Å². The summed E-state index contributed by atoms with van der Waals surface area (Å²) in [5.41, 5.74) is 7.79. The Kier molecular flexibility index (Phi) is 4.07. The van der Waals surface area contributed by atoms with Gasteiger partial charge in [-0.2, -0.15) is 0 Å². The van der Waals surface area contributed by atoms with Crippen LogP contribution in [-0.4, -0.2) is 30.7 Å². The molecule has 1 unspecified atom stereocenters. The largest absolute Gasteiger partial charge is 0.450 e. The van der Waals surface area contributed by atoms with E-state index >= 15 is 0 Å². The molecule has 1 atom stereocenters. The number of likely N-dealkylation sites (tertiary alicyclic amines) is 1. The molecule has 0 aromatic heterocycles. The number of hydrogen-bond donors (Lipinski definition) is 1. The maximum absolute atomic E-state index is 11.7. The molecule has 4 heteroatoms.